The maximum absolute atomic E-state index is 5.29. The first kappa shape index (κ1) is 22.7. The van der Waals surface area contributed by atoms with Crippen LogP contribution >= 0.6 is 0 Å². The summed E-state index contributed by atoms with van der Waals surface area (Å²) in [4.78, 5) is 14.7. The highest BCUT2D eigenvalue weighted by molar-refractivity contribution is 5.68. The lowest BCUT2D eigenvalue weighted by Crippen LogP contribution is -2.09. The molecule has 0 N–H and O–H groups in total. The van der Waals surface area contributed by atoms with Gasteiger partial charge in [0, 0.05) is 12.4 Å². The van der Waals surface area contributed by atoms with Crippen molar-refractivity contribution >= 4 is 0 Å². The Bertz CT molecular complexity index is 1030. The van der Waals surface area contributed by atoms with Crippen LogP contribution in [0.25, 0.3) is 22.8 Å². The average molecular weight is 450 g/mol. The van der Waals surface area contributed by atoms with Crippen molar-refractivity contribution in [3.63, 3.8) is 0 Å². The van der Waals surface area contributed by atoms with Crippen molar-refractivity contribution in [3.05, 3.63) is 90.3 Å². The molecule has 0 fully saturated rings. The van der Waals surface area contributed by atoms with E-state index in [0.717, 1.165) is 47.5 Å². The monoisotopic (exact) mass is 449 g/mol. The number of rotatable bonds is 8. The van der Waals surface area contributed by atoms with Gasteiger partial charge in [-0.05, 0) is 111 Å². The molecule has 3 heterocycles. The molecule has 2 aliphatic carbocycles. The summed E-state index contributed by atoms with van der Waals surface area (Å²) in [6, 6.07) is 14.7. The molecule has 3 aromatic rings. The van der Waals surface area contributed by atoms with Crippen LogP contribution in [0, 0.1) is 11.8 Å². The van der Waals surface area contributed by atoms with Crippen LogP contribution in [0.3, 0.4) is 0 Å². The first-order chi connectivity index (χ1) is 16.9. The van der Waals surface area contributed by atoms with Crippen LogP contribution in [0.5, 0.6) is 0 Å². The lowest BCUT2D eigenvalue weighted by Gasteiger charge is -2.21. The molecule has 174 valence electrons. The highest BCUT2D eigenvalue weighted by Gasteiger charge is 2.19. The molecule has 0 saturated heterocycles. The van der Waals surface area contributed by atoms with E-state index < -0.39 is 0 Å². The van der Waals surface area contributed by atoms with Gasteiger partial charge in [-0.15, -0.1) is 0 Å². The molecule has 0 spiro atoms. The first-order valence-corrected chi connectivity index (χ1v) is 13.0. The molecule has 0 radical (unpaired) electrons. The predicted molar refractivity (Wildman–Crippen MR) is 140 cm³/mol. The number of hydrogen-bond acceptors (Lipinski definition) is 3. The number of pyridine rings is 3. The Hall–Kier alpha value is -3.07. The lowest BCUT2D eigenvalue weighted by atomic mass is 9.86. The van der Waals surface area contributed by atoms with E-state index in [1.54, 1.807) is 0 Å². The van der Waals surface area contributed by atoms with Crippen LogP contribution in [0.2, 0.25) is 0 Å². The number of hydrogen-bond donors (Lipinski definition) is 0. The predicted octanol–water partition coefficient (Wildman–Crippen LogP) is 7.78. The molecule has 3 nitrogen and oxygen atoms in total. The van der Waals surface area contributed by atoms with Crippen LogP contribution in [-0.2, 0) is 12.8 Å². The average Bonchev–Trinajstić information content (AvgIpc) is 2.92. The molecule has 2 aliphatic rings. The van der Waals surface area contributed by atoms with Crippen molar-refractivity contribution in [2.45, 2.75) is 64.2 Å². The van der Waals surface area contributed by atoms with Crippen LogP contribution in [-0.4, -0.2) is 15.0 Å². The van der Waals surface area contributed by atoms with Crippen LogP contribution in [0.4, 0.5) is 0 Å². The summed E-state index contributed by atoms with van der Waals surface area (Å²) in [5.74, 6) is 1.55. The molecule has 0 bridgehead atoms. The molecule has 5 rings (SSSR count). The van der Waals surface area contributed by atoms with Gasteiger partial charge in [0.1, 0.15) is 0 Å². The quantitative estimate of drug-likeness (QED) is 0.330. The van der Waals surface area contributed by atoms with Gasteiger partial charge < -0.3 is 0 Å². The normalized spacial score (nSPS) is 19.9. The fourth-order valence-electron chi connectivity index (χ4n) is 5.39. The lowest BCUT2D eigenvalue weighted by molar-refractivity contribution is 0.443. The van der Waals surface area contributed by atoms with E-state index in [2.05, 4.69) is 64.6 Å². The van der Waals surface area contributed by atoms with E-state index >= 15 is 0 Å². The Morgan fingerprint density at radius 1 is 0.647 bits per heavy atom. The fraction of sp³-hybridized carbons (Fsp3) is 0.387. The Balaban J connectivity index is 1.50. The Morgan fingerprint density at radius 2 is 1.18 bits per heavy atom. The zero-order valence-corrected chi connectivity index (χ0v) is 20.1. The third kappa shape index (κ3) is 5.70. The summed E-state index contributed by atoms with van der Waals surface area (Å²) in [5, 5.41) is 0. The van der Waals surface area contributed by atoms with Gasteiger partial charge in [-0.2, -0.15) is 0 Å². The molecule has 34 heavy (non-hydrogen) atoms. The summed E-state index contributed by atoms with van der Waals surface area (Å²) < 4.78 is 0. The minimum absolute atomic E-state index is 0.773. The zero-order chi connectivity index (χ0) is 23.0. The number of allylic oxidation sites excluding steroid dienone is 4. The largest absolute Gasteiger partial charge is 0.255 e. The molecule has 0 aliphatic heterocycles. The van der Waals surface area contributed by atoms with Crippen LogP contribution < -0.4 is 0 Å². The molecule has 2 atom stereocenters. The molecule has 0 saturated carbocycles. The van der Waals surface area contributed by atoms with Gasteiger partial charge >= 0.3 is 0 Å². The fourth-order valence-corrected chi connectivity index (χ4v) is 5.39. The maximum Gasteiger partial charge on any atom is 0.0926 e. The molecule has 3 aromatic heterocycles. The summed E-state index contributed by atoms with van der Waals surface area (Å²) in [7, 11) is 0. The molecular weight excluding hydrogens is 414 g/mol. The van der Waals surface area contributed by atoms with Gasteiger partial charge in [0.2, 0.25) is 0 Å². The van der Waals surface area contributed by atoms with Crippen LogP contribution in [0.15, 0.2) is 79.2 Å². The number of aromatic nitrogens is 3. The standard InChI is InChI=1S/C31H35N3/c1-3-11-24(12-4-1)17-19-26-23-27(20-18-25-13-5-2-6-14-25)31(29-16-8-10-22-33-29)34-30(26)28-15-7-9-21-32-28/h1-3,5,7-10,15-16,21-25H,4,6,11-14,17-20H2. The molecular formula is C31H35N3. The van der Waals surface area contributed by atoms with Gasteiger partial charge in [-0.25, -0.2) is 4.98 Å². The SMILES string of the molecule is C1=CCC(CCc2cc(CCC3CC=CCC3)c(-c3ccccn3)nc2-c2ccccn2)CC1. The highest BCUT2D eigenvalue weighted by atomic mass is 14.8. The summed E-state index contributed by atoms with van der Waals surface area (Å²) >= 11 is 0. The summed E-state index contributed by atoms with van der Waals surface area (Å²) in [6.07, 6.45) is 25.1. The highest BCUT2D eigenvalue weighted by Crippen LogP contribution is 2.33. The number of aryl methyl sites for hydroxylation is 2. The van der Waals surface area contributed by atoms with Gasteiger partial charge in [-0.3, -0.25) is 9.97 Å². The second kappa shape index (κ2) is 11.4. The minimum atomic E-state index is 0.773. The van der Waals surface area contributed by atoms with Gasteiger partial charge in [0.15, 0.2) is 0 Å². The first-order valence-electron chi connectivity index (χ1n) is 13.0. The molecule has 2 unspecified atom stereocenters. The van der Waals surface area contributed by atoms with E-state index in [-0.39, 0.29) is 0 Å². The van der Waals surface area contributed by atoms with Crippen molar-refractivity contribution in [3.8, 4) is 22.8 Å². The third-order valence-electron chi connectivity index (χ3n) is 7.39. The van der Waals surface area contributed by atoms with E-state index in [9.17, 15) is 0 Å². The van der Waals surface area contributed by atoms with Crippen LogP contribution in [0.1, 0.15) is 62.5 Å². The Labute approximate surface area is 204 Å². The van der Waals surface area contributed by atoms with E-state index in [1.807, 2.05) is 24.5 Å². The zero-order valence-electron chi connectivity index (χ0n) is 20.1. The second-order valence-electron chi connectivity index (χ2n) is 9.81. The molecule has 0 aromatic carbocycles. The molecule has 3 heteroatoms. The van der Waals surface area contributed by atoms with Gasteiger partial charge in [-0.1, -0.05) is 42.5 Å². The summed E-state index contributed by atoms with van der Waals surface area (Å²) in [5.41, 5.74) is 6.65. The van der Waals surface area contributed by atoms with Crippen molar-refractivity contribution in [1.29, 1.82) is 0 Å². The second-order valence-corrected chi connectivity index (χ2v) is 9.81. The number of nitrogens with zero attached hydrogens (tertiary/aromatic N) is 3. The van der Waals surface area contributed by atoms with Gasteiger partial charge in [0.05, 0.1) is 22.8 Å². The van der Waals surface area contributed by atoms with Crippen molar-refractivity contribution in [2.24, 2.45) is 11.8 Å². The van der Waals surface area contributed by atoms with Crippen molar-refractivity contribution < 1.29 is 0 Å². The summed E-state index contributed by atoms with van der Waals surface area (Å²) in [6.45, 7) is 0. The maximum atomic E-state index is 5.29. The smallest absolute Gasteiger partial charge is 0.0926 e. The van der Waals surface area contributed by atoms with Crippen molar-refractivity contribution in [2.75, 3.05) is 0 Å². The molecule has 0 amide bonds. The van der Waals surface area contributed by atoms with Crippen molar-refractivity contribution in [1.82, 2.24) is 15.0 Å². The Morgan fingerprint density at radius 3 is 1.59 bits per heavy atom. The van der Waals surface area contributed by atoms with E-state index in [1.165, 1.54) is 62.5 Å². The van der Waals surface area contributed by atoms with E-state index in [0.29, 0.717) is 0 Å². The Kier molecular flexibility index (Phi) is 7.60. The van der Waals surface area contributed by atoms with E-state index in [4.69, 9.17) is 4.98 Å². The topological polar surface area (TPSA) is 38.7 Å². The minimum Gasteiger partial charge on any atom is -0.255 e. The third-order valence-corrected chi connectivity index (χ3v) is 7.39. The van der Waals surface area contributed by atoms with Gasteiger partial charge in [0.25, 0.3) is 0 Å².